The Morgan fingerprint density at radius 3 is 2.58 bits per heavy atom. The number of esters is 1. The largest absolute Gasteiger partial charge is 0.457 e. The van der Waals surface area contributed by atoms with Crippen molar-refractivity contribution in [1.82, 2.24) is 5.32 Å². The number of carbonyl (C=O) groups excluding carboxylic acids is 2. The van der Waals surface area contributed by atoms with Gasteiger partial charge in [-0.05, 0) is 30.6 Å². The first-order valence-electron chi connectivity index (χ1n) is 10.7. The van der Waals surface area contributed by atoms with Gasteiger partial charge in [-0.15, -0.1) is 0 Å². The van der Waals surface area contributed by atoms with E-state index in [0.717, 1.165) is 5.57 Å². The summed E-state index contributed by atoms with van der Waals surface area (Å²) in [5, 5.41) is 3.07. The van der Waals surface area contributed by atoms with Crippen molar-refractivity contribution in [1.29, 1.82) is 0 Å². The van der Waals surface area contributed by atoms with Crippen molar-refractivity contribution in [3.63, 3.8) is 0 Å². The zero-order chi connectivity index (χ0) is 25.4. The van der Waals surface area contributed by atoms with Crippen LogP contribution >= 0.6 is 11.6 Å². The molecule has 2 atom stereocenters. The number of halogens is 2. The zero-order valence-corrected chi connectivity index (χ0v) is 20.9. The lowest BCUT2D eigenvalue weighted by Gasteiger charge is -2.30. The standard InChI is InChI=1S/C24H29ClFNO4.C2H6/c1-6-9-19(11-8-13-30-5)15-31-24(29)23-18(4)27-22(28)14-20(23)17(3)21(25)12-7-10-16(2)26;1-2/h6-12,17,20H,1-2,13-15H2,3-5H3,(H,27,28);1-2H3/b10-7-,11-8-,19-9+,21-12+;. The number of rotatable bonds is 11. The summed E-state index contributed by atoms with van der Waals surface area (Å²) in [4.78, 5) is 25.0. The highest BCUT2D eigenvalue weighted by Gasteiger charge is 2.36. The van der Waals surface area contributed by atoms with Crippen LogP contribution in [-0.4, -0.2) is 32.2 Å². The average molecular weight is 480 g/mol. The van der Waals surface area contributed by atoms with Gasteiger partial charge in [0, 0.05) is 30.2 Å². The van der Waals surface area contributed by atoms with Crippen molar-refractivity contribution >= 4 is 23.5 Å². The molecule has 0 spiro atoms. The number of hydrogen-bond acceptors (Lipinski definition) is 4. The van der Waals surface area contributed by atoms with E-state index in [1.165, 1.54) is 18.2 Å². The van der Waals surface area contributed by atoms with Gasteiger partial charge in [-0.3, -0.25) is 4.79 Å². The van der Waals surface area contributed by atoms with Crippen molar-refractivity contribution in [2.24, 2.45) is 11.8 Å². The SMILES string of the molecule is C=C/C=C(\C=C/COC)COC(=O)C1=C(C)NC(=O)CC1C(C)/C(Cl)=C\C=C/C(=C)F.CC. The fraction of sp³-hybridized carbons (Fsp3) is 0.385. The van der Waals surface area contributed by atoms with E-state index < -0.39 is 17.7 Å². The average Bonchev–Trinajstić information content (AvgIpc) is 2.77. The highest BCUT2D eigenvalue weighted by molar-refractivity contribution is 6.30. The van der Waals surface area contributed by atoms with Crippen molar-refractivity contribution in [2.45, 2.75) is 34.1 Å². The van der Waals surface area contributed by atoms with E-state index >= 15 is 0 Å². The van der Waals surface area contributed by atoms with Gasteiger partial charge in [0.1, 0.15) is 12.4 Å². The van der Waals surface area contributed by atoms with E-state index in [0.29, 0.717) is 22.9 Å². The molecule has 0 saturated carbocycles. The molecule has 182 valence electrons. The molecule has 0 saturated heterocycles. The van der Waals surface area contributed by atoms with Crippen LogP contribution in [0.15, 0.2) is 83.4 Å². The number of carbonyl (C=O) groups is 2. The van der Waals surface area contributed by atoms with Gasteiger partial charge in [0.05, 0.1) is 12.2 Å². The summed E-state index contributed by atoms with van der Waals surface area (Å²) in [5.41, 5.74) is 1.52. The summed E-state index contributed by atoms with van der Waals surface area (Å²) in [5.74, 6) is -2.21. The third-order valence-corrected chi connectivity index (χ3v) is 5.06. The normalized spacial score (nSPS) is 18.0. The third-order valence-electron chi connectivity index (χ3n) is 4.59. The molecule has 0 aromatic heterocycles. The molecule has 1 rings (SSSR count). The van der Waals surface area contributed by atoms with Crippen LogP contribution in [0.1, 0.15) is 34.1 Å². The zero-order valence-electron chi connectivity index (χ0n) is 20.1. The number of methoxy groups -OCH3 is 1. The number of allylic oxidation sites excluding steroid dienone is 8. The van der Waals surface area contributed by atoms with E-state index in [4.69, 9.17) is 21.1 Å². The second-order valence-corrected chi connectivity index (χ2v) is 7.39. The van der Waals surface area contributed by atoms with Gasteiger partial charge in [0.15, 0.2) is 0 Å². The first-order chi connectivity index (χ1) is 15.7. The van der Waals surface area contributed by atoms with Crippen LogP contribution in [0.4, 0.5) is 4.39 Å². The number of nitrogens with one attached hydrogen (secondary N) is 1. The predicted octanol–water partition coefficient (Wildman–Crippen LogP) is 6.08. The Balaban J connectivity index is 0.00000497. The second kappa shape index (κ2) is 16.9. The second-order valence-electron chi connectivity index (χ2n) is 6.95. The Morgan fingerprint density at radius 2 is 2.00 bits per heavy atom. The monoisotopic (exact) mass is 479 g/mol. The number of amides is 1. The van der Waals surface area contributed by atoms with E-state index in [9.17, 15) is 14.0 Å². The maximum atomic E-state index is 12.9. The van der Waals surface area contributed by atoms with Crippen molar-refractivity contribution in [3.05, 3.63) is 83.4 Å². The van der Waals surface area contributed by atoms with Crippen molar-refractivity contribution in [2.75, 3.05) is 20.3 Å². The summed E-state index contributed by atoms with van der Waals surface area (Å²) in [6, 6.07) is 0. The molecule has 0 bridgehead atoms. The van der Waals surface area contributed by atoms with Gasteiger partial charge in [0.2, 0.25) is 5.91 Å². The Kier molecular flexibility index (Phi) is 15.5. The molecule has 0 fully saturated rings. The highest BCUT2D eigenvalue weighted by Crippen LogP contribution is 2.36. The smallest absolute Gasteiger partial charge is 0.336 e. The molecule has 1 N–H and O–H groups in total. The first-order valence-corrected chi connectivity index (χ1v) is 11.1. The van der Waals surface area contributed by atoms with Crippen LogP contribution in [-0.2, 0) is 19.1 Å². The molecule has 1 aliphatic heterocycles. The fourth-order valence-electron chi connectivity index (χ4n) is 3.05. The summed E-state index contributed by atoms with van der Waals surface area (Å²) in [6.45, 7) is 14.7. The number of hydrogen-bond donors (Lipinski definition) is 1. The molecular weight excluding hydrogens is 445 g/mol. The van der Waals surface area contributed by atoms with Gasteiger partial charge in [0.25, 0.3) is 0 Å². The van der Waals surface area contributed by atoms with Crippen molar-refractivity contribution < 1.29 is 23.5 Å². The summed E-state index contributed by atoms with van der Waals surface area (Å²) >= 11 is 6.36. The van der Waals surface area contributed by atoms with E-state index in [-0.39, 0.29) is 24.9 Å². The third kappa shape index (κ3) is 11.1. The molecule has 0 aromatic carbocycles. The van der Waals surface area contributed by atoms with Crippen LogP contribution in [0, 0.1) is 11.8 Å². The van der Waals surface area contributed by atoms with Gasteiger partial charge in [-0.25, -0.2) is 9.18 Å². The van der Waals surface area contributed by atoms with Crippen LogP contribution in [0.3, 0.4) is 0 Å². The minimum Gasteiger partial charge on any atom is -0.457 e. The van der Waals surface area contributed by atoms with Crippen molar-refractivity contribution in [3.8, 4) is 0 Å². The summed E-state index contributed by atoms with van der Waals surface area (Å²) in [7, 11) is 1.58. The van der Waals surface area contributed by atoms with Gasteiger partial charge >= 0.3 is 5.97 Å². The maximum Gasteiger partial charge on any atom is 0.336 e. The minimum absolute atomic E-state index is 0.0296. The lowest BCUT2D eigenvalue weighted by Crippen LogP contribution is -2.37. The van der Waals surface area contributed by atoms with Crippen LogP contribution in [0.5, 0.6) is 0 Å². The molecule has 7 heteroatoms. The Hall–Kier alpha value is -2.70. The van der Waals surface area contributed by atoms with Gasteiger partial charge < -0.3 is 14.8 Å². The van der Waals surface area contributed by atoms with E-state index in [1.807, 2.05) is 13.8 Å². The molecule has 1 heterocycles. The van der Waals surface area contributed by atoms with Crippen LogP contribution < -0.4 is 5.32 Å². The molecule has 1 aliphatic rings. The molecule has 0 aliphatic carbocycles. The molecule has 0 radical (unpaired) electrons. The predicted molar refractivity (Wildman–Crippen MR) is 133 cm³/mol. The number of ether oxygens (including phenoxy) is 2. The summed E-state index contributed by atoms with van der Waals surface area (Å²) < 4.78 is 23.3. The topological polar surface area (TPSA) is 64.6 Å². The first kappa shape index (κ1) is 30.3. The Labute approximate surface area is 202 Å². The molecule has 1 amide bonds. The van der Waals surface area contributed by atoms with E-state index in [1.54, 1.807) is 45.3 Å². The Morgan fingerprint density at radius 1 is 1.33 bits per heavy atom. The maximum absolute atomic E-state index is 12.9. The minimum atomic E-state index is -0.603. The van der Waals surface area contributed by atoms with Gasteiger partial charge in [-0.2, -0.15) is 0 Å². The molecule has 5 nitrogen and oxygen atoms in total. The van der Waals surface area contributed by atoms with Crippen LogP contribution in [0.2, 0.25) is 0 Å². The molecule has 0 aromatic rings. The lowest BCUT2D eigenvalue weighted by molar-refractivity contribution is -0.139. The molecule has 2 unspecified atom stereocenters. The van der Waals surface area contributed by atoms with Crippen LogP contribution in [0.25, 0.3) is 0 Å². The lowest BCUT2D eigenvalue weighted by atomic mass is 9.80. The quantitative estimate of drug-likeness (QED) is 0.288. The van der Waals surface area contributed by atoms with E-state index in [2.05, 4.69) is 18.5 Å². The fourth-order valence-corrected chi connectivity index (χ4v) is 3.28. The Bertz CT molecular complexity index is 852. The van der Waals surface area contributed by atoms with Gasteiger partial charge in [-0.1, -0.05) is 75.9 Å². The highest BCUT2D eigenvalue weighted by atomic mass is 35.5. The molecule has 33 heavy (non-hydrogen) atoms. The molecular formula is C26H35ClFNO4. The summed E-state index contributed by atoms with van der Waals surface area (Å²) in [6.07, 6.45) is 11.1.